The summed E-state index contributed by atoms with van der Waals surface area (Å²) >= 11 is 1.96. The summed E-state index contributed by atoms with van der Waals surface area (Å²) in [6.45, 7) is 2.27. The standard InChI is InChI=1S/C18H23NS/c1-4-17(19(2)3)18(15-11-7-5-8-12-15)20-16-13-9-6-10-14-16/h5-14,17-18H,4H2,1-3H3. The lowest BCUT2D eigenvalue weighted by atomic mass is 10.0. The number of benzene rings is 2. The topological polar surface area (TPSA) is 3.24 Å². The highest BCUT2D eigenvalue weighted by molar-refractivity contribution is 7.99. The molecule has 0 spiro atoms. The molecule has 20 heavy (non-hydrogen) atoms. The number of thioether (sulfide) groups is 1. The lowest BCUT2D eigenvalue weighted by molar-refractivity contribution is 0.280. The molecule has 0 aliphatic rings. The Balaban J connectivity index is 2.29. The maximum absolute atomic E-state index is 2.34. The van der Waals surface area contributed by atoms with Gasteiger partial charge in [-0.1, -0.05) is 55.5 Å². The van der Waals surface area contributed by atoms with Gasteiger partial charge in [-0.15, -0.1) is 11.8 Å². The monoisotopic (exact) mass is 285 g/mol. The normalized spacial score (nSPS) is 14.2. The third-order valence-corrected chi connectivity index (χ3v) is 4.95. The van der Waals surface area contributed by atoms with Crippen molar-refractivity contribution in [1.29, 1.82) is 0 Å². The van der Waals surface area contributed by atoms with Crippen molar-refractivity contribution in [3.63, 3.8) is 0 Å². The first-order valence-corrected chi connectivity index (χ1v) is 8.03. The van der Waals surface area contributed by atoms with Gasteiger partial charge in [-0.2, -0.15) is 0 Å². The third kappa shape index (κ3) is 3.87. The Labute approximate surface area is 127 Å². The van der Waals surface area contributed by atoms with E-state index in [0.717, 1.165) is 6.42 Å². The van der Waals surface area contributed by atoms with Crippen LogP contribution in [0.4, 0.5) is 0 Å². The van der Waals surface area contributed by atoms with Crippen LogP contribution in [0.1, 0.15) is 24.2 Å². The molecule has 0 aliphatic heterocycles. The van der Waals surface area contributed by atoms with Crippen LogP contribution >= 0.6 is 11.8 Å². The summed E-state index contributed by atoms with van der Waals surface area (Å²) in [6, 6.07) is 22.1. The van der Waals surface area contributed by atoms with Crippen molar-refractivity contribution in [2.75, 3.05) is 14.1 Å². The van der Waals surface area contributed by atoms with Crippen molar-refractivity contribution >= 4 is 11.8 Å². The first kappa shape index (κ1) is 15.1. The average molecular weight is 285 g/mol. The maximum atomic E-state index is 2.34. The maximum Gasteiger partial charge on any atom is 0.0499 e. The largest absolute Gasteiger partial charge is 0.305 e. The average Bonchev–Trinajstić information content (AvgIpc) is 2.48. The highest BCUT2D eigenvalue weighted by Crippen LogP contribution is 2.40. The van der Waals surface area contributed by atoms with E-state index in [0.29, 0.717) is 11.3 Å². The van der Waals surface area contributed by atoms with Gasteiger partial charge in [0, 0.05) is 16.2 Å². The Morgan fingerprint density at radius 3 is 1.95 bits per heavy atom. The molecular formula is C18H23NS. The van der Waals surface area contributed by atoms with E-state index >= 15 is 0 Å². The number of likely N-dealkylation sites (N-methyl/N-ethyl adjacent to an activating group) is 1. The molecule has 0 N–H and O–H groups in total. The molecule has 2 heteroatoms. The molecule has 0 radical (unpaired) electrons. The number of hydrogen-bond acceptors (Lipinski definition) is 2. The first-order chi connectivity index (χ1) is 9.72. The fourth-order valence-electron chi connectivity index (χ4n) is 2.51. The Kier molecular flexibility index (Phi) is 5.69. The van der Waals surface area contributed by atoms with Crippen molar-refractivity contribution in [3.05, 3.63) is 66.2 Å². The second-order valence-corrected chi connectivity index (χ2v) is 6.42. The van der Waals surface area contributed by atoms with Crippen molar-refractivity contribution in [2.45, 2.75) is 29.5 Å². The molecule has 0 saturated heterocycles. The lowest BCUT2D eigenvalue weighted by Crippen LogP contribution is -2.32. The molecule has 2 unspecified atom stereocenters. The van der Waals surface area contributed by atoms with Crippen LogP contribution in [0, 0.1) is 0 Å². The molecule has 0 aliphatic carbocycles. The van der Waals surface area contributed by atoms with Crippen LogP contribution in [0.5, 0.6) is 0 Å². The SMILES string of the molecule is CCC(C(Sc1ccccc1)c1ccccc1)N(C)C. The number of nitrogens with zero attached hydrogens (tertiary/aromatic N) is 1. The fraction of sp³-hybridized carbons (Fsp3) is 0.333. The van der Waals surface area contributed by atoms with Gasteiger partial charge in [-0.05, 0) is 38.2 Å². The van der Waals surface area contributed by atoms with E-state index in [9.17, 15) is 0 Å². The molecule has 2 aromatic rings. The van der Waals surface area contributed by atoms with Crippen LogP contribution in [0.25, 0.3) is 0 Å². The third-order valence-electron chi connectivity index (χ3n) is 3.57. The van der Waals surface area contributed by atoms with E-state index in [1.807, 2.05) is 11.8 Å². The zero-order valence-electron chi connectivity index (χ0n) is 12.5. The second-order valence-electron chi connectivity index (χ2n) is 5.20. The van der Waals surface area contributed by atoms with Crippen LogP contribution in [0.15, 0.2) is 65.6 Å². The van der Waals surface area contributed by atoms with Crippen molar-refractivity contribution in [3.8, 4) is 0 Å². The van der Waals surface area contributed by atoms with E-state index in [1.54, 1.807) is 0 Å². The molecule has 0 heterocycles. The lowest BCUT2D eigenvalue weighted by Gasteiger charge is -2.31. The van der Waals surface area contributed by atoms with E-state index in [4.69, 9.17) is 0 Å². The molecule has 2 atom stereocenters. The van der Waals surface area contributed by atoms with Gasteiger partial charge in [0.1, 0.15) is 0 Å². The minimum atomic E-state index is 0.457. The van der Waals surface area contributed by atoms with Gasteiger partial charge >= 0.3 is 0 Å². The van der Waals surface area contributed by atoms with Crippen LogP contribution < -0.4 is 0 Å². The van der Waals surface area contributed by atoms with E-state index < -0.39 is 0 Å². The van der Waals surface area contributed by atoms with Crippen LogP contribution in [0.2, 0.25) is 0 Å². The molecule has 0 amide bonds. The van der Waals surface area contributed by atoms with Crippen LogP contribution in [-0.2, 0) is 0 Å². The zero-order chi connectivity index (χ0) is 14.4. The summed E-state index contributed by atoms with van der Waals surface area (Å²) in [5.74, 6) is 0. The molecule has 0 aromatic heterocycles. The van der Waals surface area contributed by atoms with Gasteiger partial charge < -0.3 is 4.90 Å². The smallest absolute Gasteiger partial charge is 0.0499 e. The van der Waals surface area contributed by atoms with Gasteiger partial charge in [-0.25, -0.2) is 0 Å². The van der Waals surface area contributed by atoms with E-state index in [2.05, 4.69) is 86.6 Å². The van der Waals surface area contributed by atoms with E-state index in [-0.39, 0.29) is 0 Å². The predicted octanol–water partition coefficient (Wildman–Crippen LogP) is 4.86. The van der Waals surface area contributed by atoms with Crippen molar-refractivity contribution < 1.29 is 0 Å². The van der Waals surface area contributed by atoms with Crippen molar-refractivity contribution in [1.82, 2.24) is 4.90 Å². The quantitative estimate of drug-likeness (QED) is 0.697. The van der Waals surface area contributed by atoms with Crippen LogP contribution in [0.3, 0.4) is 0 Å². The van der Waals surface area contributed by atoms with Gasteiger partial charge in [-0.3, -0.25) is 0 Å². The van der Waals surface area contributed by atoms with Crippen LogP contribution in [-0.4, -0.2) is 25.0 Å². The zero-order valence-corrected chi connectivity index (χ0v) is 13.3. The van der Waals surface area contributed by atoms with Gasteiger partial charge in [0.15, 0.2) is 0 Å². The fourth-order valence-corrected chi connectivity index (χ4v) is 4.00. The molecule has 1 nitrogen and oxygen atoms in total. The minimum absolute atomic E-state index is 0.457. The molecule has 0 fully saturated rings. The summed E-state index contributed by atoms with van der Waals surface area (Å²) in [7, 11) is 4.35. The van der Waals surface area contributed by atoms with Gasteiger partial charge in [0.2, 0.25) is 0 Å². The number of rotatable bonds is 6. The highest BCUT2D eigenvalue weighted by atomic mass is 32.2. The molecular weight excluding hydrogens is 262 g/mol. The number of hydrogen-bond donors (Lipinski definition) is 0. The Morgan fingerprint density at radius 2 is 1.45 bits per heavy atom. The molecule has 0 bridgehead atoms. The van der Waals surface area contributed by atoms with Crippen molar-refractivity contribution in [2.24, 2.45) is 0 Å². The summed E-state index contributed by atoms with van der Waals surface area (Å²) in [6.07, 6.45) is 1.15. The Hall–Kier alpha value is -1.25. The molecule has 0 saturated carbocycles. The first-order valence-electron chi connectivity index (χ1n) is 7.15. The Bertz CT molecular complexity index is 495. The molecule has 2 rings (SSSR count). The summed E-state index contributed by atoms with van der Waals surface area (Å²) < 4.78 is 0. The molecule has 2 aromatic carbocycles. The van der Waals surface area contributed by atoms with Gasteiger partial charge in [0.25, 0.3) is 0 Å². The van der Waals surface area contributed by atoms with Gasteiger partial charge in [0.05, 0.1) is 0 Å². The summed E-state index contributed by atoms with van der Waals surface area (Å²) in [5.41, 5.74) is 1.40. The molecule has 106 valence electrons. The van der Waals surface area contributed by atoms with E-state index in [1.165, 1.54) is 10.5 Å². The Morgan fingerprint density at radius 1 is 0.900 bits per heavy atom. The summed E-state index contributed by atoms with van der Waals surface area (Å²) in [4.78, 5) is 3.68. The predicted molar refractivity (Wildman–Crippen MR) is 89.2 cm³/mol. The minimum Gasteiger partial charge on any atom is -0.305 e. The second kappa shape index (κ2) is 7.51. The highest BCUT2D eigenvalue weighted by Gasteiger charge is 2.24. The summed E-state index contributed by atoms with van der Waals surface area (Å²) in [5, 5.41) is 0.457.